The number of benzene rings is 2. The average molecular weight is 463 g/mol. The second-order valence-electron chi connectivity index (χ2n) is 9.54. The summed E-state index contributed by atoms with van der Waals surface area (Å²) in [5.74, 6) is -1.19. The SMILES string of the molecule is O=C(NC[C@@H]1C[C@@H]1C(=O)N1CCCCCC1C(=O)O)OCC1c2ccccc2-c2ccccc21. The maximum atomic E-state index is 12.9. The van der Waals surface area contributed by atoms with Gasteiger partial charge in [0.1, 0.15) is 12.6 Å². The van der Waals surface area contributed by atoms with E-state index in [-0.39, 0.29) is 30.3 Å². The topological polar surface area (TPSA) is 95.9 Å². The molecule has 1 heterocycles. The Bertz CT molecular complexity index is 1050. The molecule has 1 saturated heterocycles. The number of amides is 2. The third kappa shape index (κ3) is 4.39. The molecule has 2 fully saturated rings. The zero-order chi connectivity index (χ0) is 23.7. The highest BCUT2D eigenvalue weighted by Crippen LogP contribution is 2.44. The van der Waals surface area contributed by atoms with Crippen LogP contribution < -0.4 is 5.32 Å². The summed E-state index contributed by atoms with van der Waals surface area (Å²) in [4.78, 5) is 38.5. The van der Waals surface area contributed by atoms with Gasteiger partial charge in [-0.3, -0.25) is 4.79 Å². The van der Waals surface area contributed by atoms with Crippen molar-refractivity contribution in [3.05, 3.63) is 59.7 Å². The Balaban J connectivity index is 1.13. The molecule has 0 aromatic heterocycles. The first-order valence-electron chi connectivity index (χ1n) is 12.2. The zero-order valence-electron chi connectivity index (χ0n) is 19.1. The minimum Gasteiger partial charge on any atom is -0.480 e. The van der Waals surface area contributed by atoms with Crippen molar-refractivity contribution in [2.45, 2.75) is 44.1 Å². The van der Waals surface area contributed by atoms with Gasteiger partial charge in [0.05, 0.1) is 0 Å². The van der Waals surface area contributed by atoms with E-state index >= 15 is 0 Å². The average Bonchev–Trinajstić information content (AvgIpc) is 3.61. The van der Waals surface area contributed by atoms with Gasteiger partial charge >= 0.3 is 12.1 Å². The molecule has 7 nitrogen and oxygen atoms in total. The summed E-state index contributed by atoms with van der Waals surface area (Å²) in [6.45, 7) is 1.11. The van der Waals surface area contributed by atoms with Crippen LogP contribution in [0.5, 0.6) is 0 Å². The first-order valence-corrected chi connectivity index (χ1v) is 12.2. The van der Waals surface area contributed by atoms with Gasteiger partial charge in [-0.05, 0) is 47.4 Å². The van der Waals surface area contributed by atoms with E-state index in [1.165, 1.54) is 11.1 Å². The minimum absolute atomic E-state index is 0.00406. The van der Waals surface area contributed by atoms with Crippen molar-refractivity contribution in [2.24, 2.45) is 11.8 Å². The lowest BCUT2D eigenvalue weighted by atomic mass is 9.98. The number of nitrogens with zero attached hydrogens (tertiary/aromatic N) is 1. The van der Waals surface area contributed by atoms with Crippen molar-refractivity contribution in [1.82, 2.24) is 10.2 Å². The Hall–Kier alpha value is -3.35. The third-order valence-electron chi connectivity index (χ3n) is 7.41. The molecule has 2 amide bonds. The molecule has 0 bridgehead atoms. The zero-order valence-corrected chi connectivity index (χ0v) is 19.1. The standard InChI is InChI=1S/C27H30N2O5/c30-25(29-13-7-1-2-12-24(29)26(31)32)22-14-17(22)15-28-27(33)34-16-23-20-10-5-3-8-18(20)19-9-4-6-11-21(19)23/h3-6,8-11,17,22-24H,1-2,7,12-16H2,(H,28,33)(H,31,32)/t17-,22-,24?/m0/s1. The van der Waals surface area contributed by atoms with Gasteiger partial charge in [0.2, 0.25) is 5.91 Å². The molecule has 5 rings (SSSR count). The van der Waals surface area contributed by atoms with Crippen LogP contribution in [-0.2, 0) is 14.3 Å². The first kappa shape index (κ1) is 22.4. The number of hydrogen-bond acceptors (Lipinski definition) is 4. The van der Waals surface area contributed by atoms with Gasteiger partial charge < -0.3 is 20.1 Å². The molecule has 3 atom stereocenters. The first-order chi connectivity index (χ1) is 16.5. The Labute approximate surface area is 199 Å². The van der Waals surface area contributed by atoms with E-state index in [1.54, 1.807) is 4.90 Å². The molecule has 0 radical (unpaired) electrons. The van der Waals surface area contributed by atoms with Gasteiger partial charge in [-0.15, -0.1) is 0 Å². The number of nitrogens with one attached hydrogen (secondary N) is 1. The molecule has 7 heteroatoms. The summed E-state index contributed by atoms with van der Waals surface area (Å²) in [6, 6.07) is 15.7. The van der Waals surface area contributed by atoms with Crippen LogP contribution in [0.4, 0.5) is 4.79 Å². The van der Waals surface area contributed by atoms with E-state index in [2.05, 4.69) is 29.6 Å². The Morgan fingerprint density at radius 3 is 2.32 bits per heavy atom. The normalized spacial score (nSPS) is 23.4. The van der Waals surface area contributed by atoms with Crippen LogP contribution in [0, 0.1) is 11.8 Å². The number of aliphatic carboxylic acids is 1. The molecule has 2 N–H and O–H groups in total. The van der Waals surface area contributed by atoms with E-state index in [1.807, 2.05) is 24.3 Å². The molecular weight excluding hydrogens is 432 g/mol. The van der Waals surface area contributed by atoms with Gasteiger partial charge in [0, 0.05) is 24.9 Å². The van der Waals surface area contributed by atoms with Gasteiger partial charge in [-0.25, -0.2) is 9.59 Å². The number of ether oxygens (including phenoxy) is 1. The summed E-state index contributed by atoms with van der Waals surface area (Å²) in [5, 5.41) is 12.3. The largest absolute Gasteiger partial charge is 0.480 e. The van der Waals surface area contributed by atoms with E-state index in [4.69, 9.17) is 4.74 Å². The highest BCUT2D eigenvalue weighted by atomic mass is 16.5. The van der Waals surface area contributed by atoms with Crippen LogP contribution in [-0.4, -0.2) is 53.7 Å². The molecule has 178 valence electrons. The fraction of sp³-hybridized carbons (Fsp3) is 0.444. The number of carbonyl (C=O) groups is 3. The lowest BCUT2D eigenvalue weighted by molar-refractivity contribution is -0.150. The van der Waals surface area contributed by atoms with Crippen LogP contribution in [0.2, 0.25) is 0 Å². The molecule has 1 unspecified atom stereocenters. The summed E-state index contributed by atoms with van der Waals surface area (Å²) < 4.78 is 5.57. The van der Waals surface area contributed by atoms with Gasteiger partial charge in [0.25, 0.3) is 0 Å². The molecule has 3 aliphatic rings. The lowest BCUT2D eigenvalue weighted by Gasteiger charge is -2.27. The van der Waals surface area contributed by atoms with Crippen LogP contribution in [0.3, 0.4) is 0 Å². The molecule has 1 aliphatic heterocycles. The van der Waals surface area contributed by atoms with Crippen LogP contribution >= 0.6 is 0 Å². The quantitative estimate of drug-likeness (QED) is 0.676. The van der Waals surface area contributed by atoms with E-state index in [9.17, 15) is 19.5 Å². The Kier molecular flexibility index (Phi) is 6.26. The molecule has 0 spiro atoms. The van der Waals surface area contributed by atoms with Crippen molar-refractivity contribution in [3.63, 3.8) is 0 Å². The maximum Gasteiger partial charge on any atom is 0.407 e. The fourth-order valence-electron chi connectivity index (χ4n) is 5.48. The predicted octanol–water partition coefficient (Wildman–Crippen LogP) is 4.02. The van der Waals surface area contributed by atoms with Crippen LogP contribution in [0.15, 0.2) is 48.5 Å². The highest BCUT2D eigenvalue weighted by molar-refractivity contribution is 5.87. The number of hydrogen-bond donors (Lipinski definition) is 2. The van der Waals surface area contributed by atoms with Crippen molar-refractivity contribution in [1.29, 1.82) is 0 Å². The van der Waals surface area contributed by atoms with Crippen molar-refractivity contribution in [2.75, 3.05) is 19.7 Å². The predicted molar refractivity (Wildman–Crippen MR) is 126 cm³/mol. The minimum atomic E-state index is -0.927. The molecule has 2 aromatic rings. The van der Waals surface area contributed by atoms with Crippen molar-refractivity contribution >= 4 is 18.0 Å². The maximum absolute atomic E-state index is 12.9. The van der Waals surface area contributed by atoms with E-state index < -0.39 is 18.1 Å². The molecule has 2 aromatic carbocycles. The second-order valence-corrected chi connectivity index (χ2v) is 9.54. The summed E-state index contributed by atoms with van der Waals surface area (Å²) in [6.07, 6.45) is 3.31. The van der Waals surface area contributed by atoms with E-state index in [0.717, 1.165) is 30.4 Å². The fourth-order valence-corrected chi connectivity index (χ4v) is 5.48. The summed E-state index contributed by atoms with van der Waals surface area (Å²) >= 11 is 0. The van der Waals surface area contributed by atoms with Crippen molar-refractivity contribution in [3.8, 4) is 11.1 Å². The van der Waals surface area contributed by atoms with Gasteiger partial charge in [-0.2, -0.15) is 0 Å². The lowest BCUT2D eigenvalue weighted by Crippen LogP contribution is -2.45. The second kappa shape index (κ2) is 9.49. The monoisotopic (exact) mass is 462 g/mol. The van der Waals surface area contributed by atoms with Crippen molar-refractivity contribution < 1.29 is 24.2 Å². The Morgan fingerprint density at radius 1 is 0.971 bits per heavy atom. The number of rotatable bonds is 6. The molecule has 1 saturated carbocycles. The molecule has 2 aliphatic carbocycles. The number of fused-ring (bicyclic) bond motifs is 3. The number of alkyl carbamates (subject to hydrolysis) is 1. The Morgan fingerprint density at radius 2 is 1.65 bits per heavy atom. The van der Waals surface area contributed by atoms with Crippen LogP contribution in [0.25, 0.3) is 11.1 Å². The number of carbonyl (C=O) groups excluding carboxylic acids is 2. The van der Waals surface area contributed by atoms with Crippen LogP contribution in [0.1, 0.15) is 49.1 Å². The summed E-state index contributed by atoms with van der Waals surface area (Å²) in [5.41, 5.74) is 4.68. The highest BCUT2D eigenvalue weighted by Gasteiger charge is 2.47. The smallest absolute Gasteiger partial charge is 0.407 e. The van der Waals surface area contributed by atoms with E-state index in [0.29, 0.717) is 25.9 Å². The molecular formula is C27H30N2O5. The number of carboxylic acid groups (broad SMARTS) is 1. The molecule has 34 heavy (non-hydrogen) atoms. The number of carboxylic acids is 1. The third-order valence-corrected chi connectivity index (χ3v) is 7.41. The summed E-state index contributed by atoms with van der Waals surface area (Å²) in [7, 11) is 0. The number of likely N-dealkylation sites (tertiary alicyclic amines) is 1. The van der Waals surface area contributed by atoms with Gasteiger partial charge in [-0.1, -0.05) is 61.4 Å². The van der Waals surface area contributed by atoms with Gasteiger partial charge in [0.15, 0.2) is 0 Å².